The number of hydrogen-bond donors (Lipinski definition) is 2. The molecule has 0 aromatic carbocycles. The SMILES string of the molecule is CC(C)CCN1c2c(n(C)c(=O)[nH]c2=O)N(CCCO)C1OC(C)C. The molecule has 1 aliphatic rings. The molecule has 142 valence electrons. The molecule has 0 saturated carbocycles. The normalized spacial score (nSPS) is 17.0. The summed E-state index contributed by atoms with van der Waals surface area (Å²) in [5, 5.41) is 9.25. The van der Waals surface area contributed by atoms with Crippen LogP contribution in [0.5, 0.6) is 0 Å². The Kier molecular flexibility index (Phi) is 6.29. The molecule has 1 aliphatic heterocycles. The van der Waals surface area contributed by atoms with Crippen molar-refractivity contribution >= 4 is 11.5 Å². The fraction of sp³-hybridized carbons (Fsp3) is 0.765. The summed E-state index contributed by atoms with van der Waals surface area (Å²) < 4.78 is 7.54. The standard InChI is InChI=1S/C17H30N4O4/c1-11(2)7-9-20-13-14(23)18-16(24)19(5)15(13)21(8-6-10-22)17(20)25-12(3)4/h11-12,17,22H,6-10H2,1-5H3,(H,18,23,24). The van der Waals surface area contributed by atoms with E-state index in [0.717, 1.165) is 6.42 Å². The summed E-state index contributed by atoms with van der Waals surface area (Å²) in [7, 11) is 1.64. The van der Waals surface area contributed by atoms with Gasteiger partial charge in [0, 0.05) is 26.7 Å². The monoisotopic (exact) mass is 354 g/mol. The molecule has 0 amide bonds. The van der Waals surface area contributed by atoms with E-state index in [1.54, 1.807) is 7.05 Å². The van der Waals surface area contributed by atoms with Crippen molar-refractivity contribution in [3.8, 4) is 0 Å². The number of nitrogens with zero attached hydrogens (tertiary/aromatic N) is 3. The molecule has 2 heterocycles. The summed E-state index contributed by atoms with van der Waals surface area (Å²) in [6, 6.07) is 0. The van der Waals surface area contributed by atoms with Gasteiger partial charge in [-0.3, -0.25) is 14.3 Å². The van der Waals surface area contributed by atoms with Gasteiger partial charge in [-0.1, -0.05) is 13.8 Å². The number of hydrogen-bond acceptors (Lipinski definition) is 6. The lowest BCUT2D eigenvalue weighted by molar-refractivity contribution is 0.00749. The highest BCUT2D eigenvalue weighted by molar-refractivity contribution is 5.72. The molecule has 0 saturated heterocycles. The zero-order chi connectivity index (χ0) is 18.7. The molecular formula is C17H30N4O4. The second kappa shape index (κ2) is 8.05. The Morgan fingerprint density at radius 2 is 1.84 bits per heavy atom. The molecule has 0 aliphatic carbocycles. The minimum Gasteiger partial charge on any atom is -0.396 e. The van der Waals surface area contributed by atoms with E-state index in [1.165, 1.54) is 4.57 Å². The van der Waals surface area contributed by atoms with Crippen molar-refractivity contribution in [3.63, 3.8) is 0 Å². The average Bonchev–Trinajstić information content (AvgIpc) is 2.82. The Bertz CT molecular complexity index is 695. The van der Waals surface area contributed by atoms with Crippen molar-refractivity contribution < 1.29 is 9.84 Å². The van der Waals surface area contributed by atoms with Crippen LogP contribution in [0.25, 0.3) is 0 Å². The summed E-state index contributed by atoms with van der Waals surface area (Å²) in [6.07, 6.45) is 0.909. The maximum atomic E-state index is 12.5. The lowest BCUT2D eigenvalue weighted by atomic mass is 10.1. The molecule has 2 N–H and O–H groups in total. The predicted molar refractivity (Wildman–Crippen MR) is 98.2 cm³/mol. The number of aliphatic hydroxyl groups is 1. The van der Waals surface area contributed by atoms with Gasteiger partial charge in [0.1, 0.15) is 11.5 Å². The van der Waals surface area contributed by atoms with Crippen LogP contribution in [-0.2, 0) is 11.8 Å². The molecule has 1 aromatic rings. The van der Waals surface area contributed by atoms with Crippen molar-refractivity contribution in [2.75, 3.05) is 29.5 Å². The van der Waals surface area contributed by atoms with Crippen LogP contribution in [0.1, 0.15) is 40.5 Å². The summed E-state index contributed by atoms with van der Waals surface area (Å²) in [5.41, 5.74) is -0.385. The minimum absolute atomic E-state index is 0.0311. The van der Waals surface area contributed by atoms with Crippen molar-refractivity contribution in [3.05, 3.63) is 20.8 Å². The van der Waals surface area contributed by atoms with Crippen LogP contribution in [0.2, 0.25) is 0 Å². The predicted octanol–water partition coefficient (Wildman–Crippen LogP) is 0.837. The van der Waals surface area contributed by atoms with Crippen LogP contribution in [0.15, 0.2) is 9.59 Å². The molecule has 1 unspecified atom stereocenters. The first-order valence-electron chi connectivity index (χ1n) is 8.90. The van der Waals surface area contributed by atoms with E-state index in [1.807, 2.05) is 23.6 Å². The Balaban J connectivity index is 2.55. The van der Waals surface area contributed by atoms with Gasteiger partial charge in [0.25, 0.3) is 5.56 Å². The van der Waals surface area contributed by atoms with E-state index in [-0.39, 0.29) is 12.7 Å². The zero-order valence-corrected chi connectivity index (χ0v) is 15.8. The Labute approximate surface area is 148 Å². The first-order valence-corrected chi connectivity index (χ1v) is 8.90. The Hall–Kier alpha value is -1.80. The minimum atomic E-state index is -0.464. The van der Waals surface area contributed by atoms with Crippen molar-refractivity contribution in [2.45, 2.75) is 53.0 Å². The number of ether oxygens (including phenoxy) is 1. The molecule has 0 spiro atoms. The molecular weight excluding hydrogens is 324 g/mol. The topological polar surface area (TPSA) is 90.8 Å². The number of aliphatic hydroxyl groups excluding tert-OH is 1. The summed E-state index contributed by atoms with van der Waals surface area (Å²) >= 11 is 0. The first-order chi connectivity index (χ1) is 11.8. The van der Waals surface area contributed by atoms with Gasteiger partial charge in [0.05, 0.1) is 6.10 Å². The van der Waals surface area contributed by atoms with Gasteiger partial charge >= 0.3 is 5.69 Å². The smallest absolute Gasteiger partial charge is 0.329 e. The van der Waals surface area contributed by atoms with Crippen LogP contribution >= 0.6 is 0 Å². The van der Waals surface area contributed by atoms with Crippen LogP contribution < -0.4 is 21.0 Å². The van der Waals surface area contributed by atoms with E-state index in [2.05, 4.69) is 18.8 Å². The summed E-state index contributed by atoms with van der Waals surface area (Å²) in [6.45, 7) is 9.32. The molecule has 8 heteroatoms. The highest BCUT2D eigenvalue weighted by Gasteiger charge is 2.40. The Morgan fingerprint density at radius 1 is 1.16 bits per heavy atom. The lowest BCUT2D eigenvalue weighted by Crippen LogP contribution is -2.48. The van der Waals surface area contributed by atoms with E-state index in [4.69, 9.17) is 4.74 Å². The van der Waals surface area contributed by atoms with Gasteiger partial charge in [-0.25, -0.2) is 4.79 Å². The highest BCUT2D eigenvalue weighted by atomic mass is 16.5. The third-order valence-corrected chi connectivity index (χ3v) is 4.26. The molecule has 0 bridgehead atoms. The van der Waals surface area contributed by atoms with Gasteiger partial charge in [-0.15, -0.1) is 0 Å². The summed E-state index contributed by atoms with van der Waals surface area (Å²) in [4.78, 5) is 30.9. The summed E-state index contributed by atoms with van der Waals surface area (Å²) in [5.74, 6) is 1.03. The molecule has 8 nitrogen and oxygen atoms in total. The van der Waals surface area contributed by atoms with Crippen LogP contribution in [0, 0.1) is 5.92 Å². The molecule has 1 aromatic heterocycles. The van der Waals surface area contributed by atoms with Crippen LogP contribution in [0.4, 0.5) is 11.5 Å². The number of aromatic nitrogens is 2. The van der Waals surface area contributed by atoms with Crippen LogP contribution in [0.3, 0.4) is 0 Å². The maximum absolute atomic E-state index is 12.5. The third kappa shape index (κ3) is 4.07. The van der Waals surface area contributed by atoms with Crippen LogP contribution in [-0.4, -0.2) is 46.8 Å². The number of H-pyrrole nitrogens is 1. The van der Waals surface area contributed by atoms with Gasteiger partial charge < -0.3 is 19.6 Å². The third-order valence-electron chi connectivity index (χ3n) is 4.26. The Morgan fingerprint density at radius 3 is 2.40 bits per heavy atom. The fourth-order valence-electron chi connectivity index (χ4n) is 3.03. The van der Waals surface area contributed by atoms with Crippen molar-refractivity contribution in [2.24, 2.45) is 13.0 Å². The van der Waals surface area contributed by atoms with Gasteiger partial charge in [0.15, 0.2) is 0 Å². The number of anilines is 2. The van der Waals surface area contributed by atoms with Gasteiger partial charge in [0.2, 0.25) is 6.35 Å². The van der Waals surface area contributed by atoms with E-state index in [9.17, 15) is 14.7 Å². The van der Waals surface area contributed by atoms with Gasteiger partial charge in [-0.2, -0.15) is 0 Å². The first kappa shape index (κ1) is 19.5. The van der Waals surface area contributed by atoms with Crippen molar-refractivity contribution in [1.29, 1.82) is 0 Å². The largest absolute Gasteiger partial charge is 0.396 e. The molecule has 1 atom stereocenters. The highest BCUT2D eigenvalue weighted by Crippen LogP contribution is 2.36. The van der Waals surface area contributed by atoms with E-state index < -0.39 is 17.6 Å². The number of aromatic amines is 1. The number of nitrogens with one attached hydrogen (secondary N) is 1. The second-order valence-electron chi connectivity index (χ2n) is 7.15. The van der Waals surface area contributed by atoms with E-state index in [0.29, 0.717) is 36.9 Å². The van der Waals surface area contributed by atoms with E-state index >= 15 is 0 Å². The quantitative estimate of drug-likeness (QED) is 0.719. The average molecular weight is 354 g/mol. The molecule has 2 rings (SSSR count). The fourth-order valence-corrected chi connectivity index (χ4v) is 3.03. The molecule has 0 fully saturated rings. The zero-order valence-electron chi connectivity index (χ0n) is 15.8. The lowest BCUT2D eigenvalue weighted by Gasteiger charge is -2.34. The van der Waals surface area contributed by atoms with Crippen molar-refractivity contribution in [1.82, 2.24) is 9.55 Å². The second-order valence-corrected chi connectivity index (χ2v) is 7.15. The molecule has 25 heavy (non-hydrogen) atoms. The molecule has 0 radical (unpaired) electrons. The maximum Gasteiger partial charge on any atom is 0.329 e. The van der Waals surface area contributed by atoms with Gasteiger partial charge in [-0.05, 0) is 32.6 Å². The number of fused-ring (bicyclic) bond motifs is 1. The number of rotatable bonds is 8.